The number of methoxy groups -OCH3 is 1. The van der Waals surface area contributed by atoms with Gasteiger partial charge in [0.1, 0.15) is 0 Å². The quantitative estimate of drug-likeness (QED) is 0.657. The van der Waals surface area contributed by atoms with E-state index in [1.807, 2.05) is 0 Å². The predicted octanol–water partition coefficient (Wildman–Crippen LogP) is 2.38. The lowest BCUT2D eigenvalue weighted by Crippen LogP contribution is -2.22. The molecule has 1 rings (SSSR count). The molecule has 0 saturated heterocycles. The van der Waals surface area contributed by atoms with Gasteiger partial charge in [0.25, 0.3) is 0 Å². The number of rotatable bonds is 3. The van der Waals surface area contributed by atoms with Crippen molar-refractivity contribution in [2.75, 3.05) is 12.4 Å². The first-order valence-corrected chi connectivity index (χ1v) is 5.72. The number of esters is 1. The summed E-state index contributed by atoms with van der Waals surface area (Å²) in [7, 11) is 1.27. The molecule has 1 aromatic carbocycles. The third kappa shape index (κ3) is 3.64. The maximum absolute atomic E-state index is 11.5. The van der Waals surface area contributed by atoms with Crippen molar-refractivity contribution in [2.24, 2.45) is 0 Å². The van der Waals surface area contributed by atoms with E-state index in [0.717, 1.165) is 0 Å². The predicted molar refractivity (Wildman–Crippen MR) is 69.9 cm³/mol. The standard InChI is InChI=1S/C11H12ClNO3S/c1-6(17)10(14)13-9-5-7(12)3-4-8(9)11(15)16-2/h3-6,17H,1-2H3,(H,13,14). The molecule has 92 valence electrons. The van der Waals surface area contributed by atoms with Gasteiger partial charge in [-0.25, -0.2) is 4.79 Å². The minimum Gasteiger partial charge on any atom is -0.465 e. The van der Waals surface area contributed by atoms with Crippen molar-refractivity contribution in [2.45, 2.75) is 12.2 Å². The number of thiol groups is 1. The molecule has 0 bridgehead atoms. The van der Waals surface area contributed by atoms with E-state index in [9.17, 15) is 9.59 Å². The van der Waals surface area contributed by atoms with Gasteiger partial charge in [-0.05, 0) is 25.1 Å². The highest BCUT2D eigenvalue weighted by molar-refractivity contribution is 7.81. The first-order valence-electron chi connectivity index (χ1n) is 4.82. The molecule has 0 aliphatic rings. The minimum atomic E-state index is -0.538. The van der Waals surface area contributed by atoms with Gasteiger partial charge in [-0.2, -0.15) is 12.6 Å². The number of hydrogen-bond acceptors (Lipinski definition) is 4. The van der Waals surface area contributed by atoms with Crippen molar-refractivity contribution in [3.8, 4) is 0 Å². The van der Waals surface area contributed by atoms with Crippen molar-refractivity contribution in [3.63, 3.8) is 0 Å². The number of carbonyl (C=O) groups is 2. The fraction of sp³-hybridized carbons (Fsp3) is 0.273. The fourth-order valence-electron chi connectivity index (χ4n) is 1.15. The van der Waals surface area contributed by atoms with Crippen LogP contribution < -0.4 is 5.32 Å². The van der Waals surface area contributed by atoms with Crippen LogP contribution in [0.4, 0.5) is 5.69 Å². The van der Waals surface area contributed by atoms with E-state index in [2.05, 4.69) is 22.7 Å². The van der Waals surface area contributed by atoms with E-state index in [-0.39, 0.29) is 11.5 Å². The summed E-state index contributed by atoms with van der Waals surface area (Å²) < 4.78 is 4.61. The Labute approximate surface area is 110 Å². The number of benzene rings is 1. The maximum atomic E-state index is 11.5. The molecular weight excluding hydrogens is 262 g/mol. The molecular formula is C11H12ClNO3S. The highest BCUT2D eigenvalue weighted by Crippen LogP contribution is 2.22. The fourth-order valence-corrected chi connectivity index (χ4v) is 1.38. The highest BCUT2D eigenvalue weighted by Gasteiger charge is 2.16. The van der Waals surface area contributed by atoms with Crippen LogP contribution in [0.25, 0.3) is 0 Å². The van der Waals surface area contributed by atoms with Crippen LogP contribution in [0.15, 0.2) is 18.2 Å². The molecule has 1 unspecified atom stereocenters. The number of carbonyl (C=O) groups excluding carboxylic acids is 2. The third-order valence-electron chi connectivity index (χ3n) is 2.02. The maximum Gasteiger partial charge on any atom is 0.339 e. The lowest BCUT2D eigenvalue weighted by molar-refractivity contribution is -0.115. The monoisotopic (exact) mass is 273 g/mol. The SMILES string of the molecule is COC(=O)c1ccc(Cl)cc1NC(=O)C(C)S. The molecule has 1 aromatic rings. The summed E-state index contributed by atoms with van der Waals surface area (Å²) in [4.78, 5) is 23.0. The van der Waals surface area contributed by atoms with E-state index in [4.69, 9.17) is 11.6 Å². The summed E-state index contributed by atoms with van der Waals surface area (Å²) in [5.41, 5.74) is 0.564. The summed E-state index contributed by atoms with van der Waals surface area (Å²) in [5.74, 6) is -0.857. The zero-order valence-electron chi connectivity index (χ0n) is 9.36. The Morgan fingerprint density at radius 3 is 2.65 bits per heavy atom. The lowest BCUT2D eigenvalue weighted by Gasteiger charge is -2.11. The zero-order chi connectivity index (χ0) is 13.0. The second kappa shape index (κ2) is 5.93. The number of hydrogen-bond donors (Lipinski definition) is 2. The van der Waals surface area contributed by atoms with E-state index in [0.29, 0.717) is 10.7 Å². The van der Waals surface area contributed by atoms with Crippen LogP contribution in [-0.2, 0) is 9.53 Å². The molecule has 0 radical (unpaired) electrons. The van der Waals surface area contributed by atoms with Crippen LogP contribution in [0, 0.1) is 0 Å². The highest BCUT2D eigenvalue weighted by atomic mass is 35.5. The molecule has 1 N–H and O–H groups in total. The van der Waals surface area contributed by atoms with Gasteiger partial charge in [0.15, 0.2) is 0 Å². The van der Waals surface area contributed by atoms with E-state index in [1.54, 1.807) is 13.0 Å². The largest absolute Gasteiger partial charge is 0.465 e. The Balaban J connectivity index is 3.07. The Morgan fingerprint density at radius 1 is 1.47 bits per heavy atom. The van der Waals surface area contributed by atoms with Gasteiger partial charge in [0.05, 0.1) is 23.6 Å². The summed E-state index contributed by atoms with van der Waals surface area (Å²) in [6, 6.07) is 4.53. The Bertz CT molecular complexity index is 448. The van der Waals surface area contributed by atoms with Crippen LogP contribution in [0.2, 0.25) is 5.02 Å². The molecule has 0 heterocycles. The first kappa shape index (κ1) is 13.9. The summed E-state index contributed by atoms with van der Waals surface area (Å²) in [6.45, 7) is 1.63. The van der Waals surface area contributed by atoms with E-state index >= 15 is 0 Å². The van der Waals surface area contributed by atoms with E-state index < -0.39 is 11.2 Å². The lowest BCUT2D eigenvalue weighted by atomic mass is 10.1. The van der Waals surface area contributed by atoms with Crippen molar-refractivity contribution in [3.05, 3.63) is 28.8 Å². The molecule has 1 atom stereocenters. The average molecular weight is 274 g/mol. The topological polar surface area (TPSA) is 55.4 Å². The van der Waals surface area contributed by atoms with Crippen LogP contribution in [0.3, 0.4) is 0 Å². The Hall–Kier alpha value is -1.20. The average Bonchev–Trinajstić information content (AvgIpc) is 2.28. The Kier molecular flexibility index (Phi) is 4.84. The molecule has 17 heavy (non-hydrogen) atoms. The molecule has 1 amide bonds. The summed E-state index contributed by atoms with van der Waals surface area (Å²) >= 11 is 9.80. The van der Waals surface area contributed by atoms with Crippen LogP contribution >= 0.6 is 24.2 Å². The van der Waals surface area contributed by atoms with Gasteiger partial charge in [0.2, 0.25) is 5.91 Å². The molecule has 0 aromatic heterocycles. The van der Waals surface area contributed by atoms with Gasteiger partial charge in [-0.3, -0.25) is 4.79 Å². The number of nitrogens with one attached hydrogen (secondary N) is 1. The molecule has 6 heteroatoms. The minimum absolute atomic E-state index is 0.249. The molecule has 0 saturated carbocycles. The third-order valence-corrected chi connectivity index (χ3v) is 2.49. The van der Waals surface area contributed by atoms with Crippen molar-refractivity contribution < 1.29 is 14.3 Å². The smallest absolute Gasteiger partial charge is 0.339 e. The normalized spacial score (nSPS) is 11.8. The van der Waals surface area contributed by atoms with Gasteiger partial charge in [-0.15, -0.1) is 0 Å². The van der Waals surface area contributed by atoms with Crippen LogP contribution in [0.5, 0.6) is 0 Å². The van der Waals surface area contributed by atoms with Gasteiger partial charge in [0, 0.05) is 5.02 Å². The van der Waals surface area contributed by atoms with Crippen LogP contribution in [0.1, 0.15) is 17.3 Å². The molecule has 4 nitrogen and oxygen atoms in total. The van der Waals surface area contributed by atoms with Gasteiger partial charge >= 0.3 is 5.97 Å². The second-order valence-corrected chi connectivity index (χ2v) is 4.56. The molecule has 0 spiro atoms. The molecule has 0 aliphatic carbocycles. The number of halogens is 1. The van der Waals surface area contributed by atoms with E-state index in [1.165, 1.54) is 19.2 Å². The summed E-state index contributed by atoms with van der Waals surface area (Å²) in [5, 5.41) is 2.50. The van der Waals surface area contributed by atoms with Crippen molar-refractivity contribution >= 4 is 41.8 Å². The van der Waals surface area contributed by atoms with Gasteiger partial charge < -0.3 is 10.1 Å². The van der Waals surface area contributed by atoms with Crippen molar-refractivity contribution in [1.82, 2.24) is 0 Å². The van der Waals surface area contributed by atoms with Gasteiger partial charge in [-0.1, -0.05) is 11.6 Å². The van der Waals surface area contributed by atoms with Crippen LogP contribution in [-0.4, -0.2) is 24.2 Å². The second-order valence-electron chi connectivity index (χ2n) is 3.35. The Morgan fingerprint density at radius 2 is 2.12 bits per heavy atom. The zero-order valence-corrected chi connectivity index (χ0v) is 11.0. The molecule has 0 fully saturated rings. The van der Waals surface area contributed by atoms with Crippen molar-refractivity contribution in [1.29, 1.82) is 0 Å². The number of anilines is 1. The number of ether oxygens (including phenoxy) is 1. The first-order chi connectivity index (χ1) is 7.95. The number of amides is 1. The molecule has 0 aliphatic heterocycles. The summed E-state index contributed by atoms with van der Waals surface area (Å²) in [6.07, 6.45) is 0.